The van der Waals surface area contributed by atoms with Gasteiger partial charge in [-0.3, -0.25) is 10.1 Å². The highest BCUT2D eigenvalue weighted by molar-refractivity contribution is 6.30. The van der Waals surface area contributed by atoms with E-state index in [-0.39, 0.29) is 29.6 Å². The second-order valence-corrected chi connectivity index (χ2v) is 4.66. The van der Waals surface area contributed by atoms with Crippen molar-refractivity contribution in [2.75, 3.05) is 0 Å². The first kappa shape index (κ1) is 17.1. The van der Waals surface area contributed by atoms with E-state index in [2.05, 4.69) is 0 Å². The predicted molar refractivity (Wildman–Crippen MR) is 73.1 cm³/mol. The average molecular weight is 295 g/mol. The van der Waals surface area contributed by atoms with Crippen LogP contribution in [0.25, 0.3) is 0 Å². The molecule has 0 radical (unpaired) electrons. The van der Waals surface area contributed by atoms with Crippen LogP contribution in [-0.4, -0.2) is 16.1 Å². The minimum absolute atomic E-state index is 0. The molecule has 0 spiro atoms. The van der Waals surface area contributed by atoms with Crippen LogP contribution in [-0.2, 0) is 0 Å². The van der Waals surface area contributed by atoms with Gasteiger partial charge in [0.2, 0.25) is 0 Å². The molecular formula is C11H16Cl2N2O3. The Morgan fingerprint density at radius 1 is 1.44 bits per heavy atom. The summed E-state index contributed by atoms with van der Waals surface area (Å²) >= 11 is 5.79. The van der Waals surface area contributed by atoms with Gasteiger partial charge in [0.1, 0.15) is 0 Å². The zero-order chi connectivity index (χ0) is 13.2. The van der Waals surface area contributed by atoms with Crippen LogP contribution in [0.3, 0.4) is 0 Å². The van der Waals surface area contributed by atoms with Crippen molar-refractivity contribution < 1.29 is 10.0 Å². The Morgan fingerprint density at radius 2 is 2.00 bits per heavy atom. The van der Waals surface area contributed by atoms with Crippen molar-refractivity contribution in [3.8, 4) is 0 Å². The van der Waals surface area contributed by atoms with Crippen molar-refractivity contribution in [1.29, 1.82) is 0 Å². The second-order valence-electron chi connectivity index (χ2n) is 4.22. The number of aliphatic hydroxyl groups excluding tert-OH is 1. The number of nitrogens with two attached hydrogens (primary N) is 1. The first-order valence-corrected chi connectivity index (χ1v) is 5.60. The number of aliphatic hydroxyl groups is 1. The number of benzene rings is 1. The van der Waals surface area contributed by atoms with E-state index in [0.29, 0.717) is 5.02 Å². The lowest BCUT2D eigenvalue weighted by Gasteiger charge is -2.22. The van der Waals surface area contributed by atoms with Crippen molar-refractivity contribution in [2.24, 2.45) is 11.7 Å². The van der Waals surface area contributed by atoms with Crippen LogP contribution in [0.5, 0.6) is 0 Å². The van der Waals surface area contributed by atoms with E-state index in [1.165, 1.54) is 18.2 Å². The molecule has 5 nitrogen and oxygen atoms in total. The van der Waals surface area contributed by atoms with Gasteiger partial charge in [-0.05, 0) is 18.1 Å². The lowest BCUT2D eigenvalue weighted by Crippen LogP contribution is -2.31. The highest BCUT2D eigenvalue weighted by atomic mass is 35.5. The van der Waals surface area contributed by atoms with Gasteiger partial charge in [-0.15, -0.1) is 12.4 Å². The summed E-state index contributed by atoms with van der Waals surface area (Å²) < 4.78 is 0. The van der Waals surface area contributed by atoms with Crippen molar-refractivity contribution in [3.05, 3.63) is 38.9 Å². The molecule has 0 aliphatic carbocycles. The second kappa shape index (κ2) is 6.89. The summed E-state index contributed by atoms with van der Waals surface area (Å²) in [5.41, 5.74) is 5.96. The summed E-state index contributed by atoms with van der Waals surface area (Å²) in [5, 5.41) is 21.1. The smallest absolute Gasteiger partial charge is 0.274 e. The Morgan fingerprint density at radius 3 is 2.44 bits per heavy atom. The lowest BCUT2D eigenvalue weighted by atomic mass is 9.93. The van der Waals surface area contributed by atoms with E-state index in [4.69, 9.17) is 17.3 Å². The topological polar surface area (TPSA) is 89.4 Å². The van der Waals surface area contributed by atoms with E-state index in [9.17, 15) is 15.2 Å². The quantitative estimate of drug-likeness (QED) is 0.660. The van der Waals surface area contributed by atoms with Gasteiger partial charge in [-0.25, -0.2) is 0 Å². The van der Waals surface area contributed by atoms with Crippen LogP contribution in [0.15, 0.2) is 18.2 Å². The van der Waals surface area contributed by atoms with Gasteiger partial charge in [-0.2, -0.15) is 0 Å². The summed E-state index contributed by atoms with van der Waals surface area (Å²) in [6, 6.07) is 3.33. The summed E-state index contributed by atoms with van der Waals surface area (Å²) in [6.45, 7) is 3.59. The predicted octanol–water partition coefficient (Wildman–Crippen LogP) is 2.69. The maximum atomic E-state index is 10.9. The minimum atomic E-state index is -0.854. The number of rotatable bonds is 4. The van der Waals surface area contributed by atoms with Gasteiger partial charge in [0.25, 0.3) is 5.69 Å². The molecule has 7 heteroatoms. The van der Waals surface area contributed by atoms with Crippen LogP contribution >= 0.6 is 24.0 Å². The van der Waals surface area contributed by atoms with Gasteiger partial charge in [0, 0.05) is 11.1 Å². The molecule has 0 aliphatic heterocycles. The minimum Gasteiger partial charge on any atom is -0.391 e. The van der Waals surface area contributed by atoms with E-state index in [1.54, 1.807) is 13.8 Å². The van der Waals surface area contributed by atoms with Gasteiger partial charge in [0.05, 0.1) is 22.6 Å². The molecule has 18 heavy (non-hydrogen) atoms. The molecule has 1 rings (SSSR count). The molecule has 0 fully saturated rings. The maximum Gasteiger partial charge on any atom is 0.274 e. The van der Waals surface area contributed by atoms with E-state index < -0.39 is 17.1 Å². The third-order valence-corrected chi connectivity index (χ3v) is 2.83. The molecule has 0 aliphatic rings. The molecule has 0 aromatic heterocycles. The summed E-state index contributed by atoms with van der Waals surface area (Å²) in [4.78, 5) is 10.3. The molecule has 0 bridgehead atoms. The van der Waals surface area contributed by atoms with Crippen LogP contribution < -0.4 is 5.73 Å². The molecule has 0 amide bonds. The van der Waals surface area contributed by atoms with E-state index >= 15 is 0 Å². The first-order chi connectivity index (χ1) is 7.84. The standard InChI is InChI=1S/C11H15ClN2O3.ClH/c1-6(2)11(15)10(13)8-5-7(12)3-4-9(8)14(16)17;/h3-6,10-11,15H,13H2,1-2H3;1H/t10-,11+;/m1./s1. The number of nitro groups is 1. The van der Waals surface area contributed by atoms with Crippen molar-refractivity contribution in [3.63, 3.8) is 0 Å². The fraction of sp³-hybridized carbons (Fsp3) is 0.455. The van der Waals surface area contributed by atoms with Gasteiger partial charge in [-0.1, -0.05) is 25.4 Å². The molecule has 0 saturated carbocycles. The molecule has 0 heterocycles. The van der Waals surface area contributed by atoms with Gasteiger partial charge in [0.15, 0.2) is 0 Å². The Bertz CT molecular complexity index is 427. The highest BCUT2D eigenvalue weighted by Gasteiger charge is 2.26. The molecule has 0 unspecified atom stereocenters. The number of halogens is 2. The molecular weight excluding hydrogens is 279 g/mol. The number of hydrogen-bond donors (Lipinski definition) is 2. The Kier molecular flexibility index (Phi) is 6.56. The Balaban J connectivity index is 0.00000289. The highest BCUT2D eigenvalue weighted by Crippen LogP contribution is 2.30. The van der Waals surface area contributed by atoms with Crippen LogP contribution in [0.1, 0.15) is 25.5 Å². The normalized spacial score (nSPS) is 13.9. The fourth-order valence-electron chi connectivity index (χ4n) is 1.56. The monoisotopic (exact) mass is 294 g/mol. The summed E-state index contributed by atoms with van der Waals surface area (Å²) in [5.74, 6) is -0.0939. The van der Waals surface area contributed by atoms with Crippen molar-refractivity contribution in [2.45, 2.75) is 26.0 Å². The van der Waals surface area contributed by atoms with Crippen molar-refractivity contribution >= 4 is 29.7 Å². The molecule has 1 aromatic rings. The molecule has 1 aromatic carbocycles. The molecule has 3 N–H and O–H groups in total. The third kappa shape index (κ3) is 3.81. The fourth-order valence-corrected chi connectivity index (χ4v) is 1.74. The van der Waals surface area contributed by atoms with E-state index in [1.807, 2.05) is 0 Å². The Labute approximate surface area is 116 Å². The number of nitrogens with zero attached hydrogens (tertiary/aromatic N) is 1. The van der Waals surface area contributed by atoms with Gasteiger partial charge >= 0.3 is 0 Å². The van der Waals surface area contributed by atoms with Crippen molar-refractivity contribution in [1.82, 2.24) is 0 Å². The largest absolute Gasteiger partial charge is 0.391 e. The zero-order valence-electron chi connectivity index (χ0n) is 10.0. The van der Waals surface area contributed by atoms with Crippen LogP contribution in [0.4, 0.5) is 5.69 Å². The summed E-state index contributed by atoms with van der Waals surface area (Å²) in [6.07, 6.45) is -0.854. The third-order valence-electron chi connectivity index (χ3n) is 2.60. The van der Waals surface area contributed by atoms with E-state index in [0.717, 1.165) is 0 Å². The lowest BCUT2D eigenvalue weighted by molar-refractivity contribution is -0.385. The van der Waals surface area contributed by atoms with Gasteiger partial charge < -0.3 is 10.8 Å². The summed E-state index contributed by atoms with van der Waals surface area (Å²) in [7, 11) is 0. The number of hydrogen-bond acceptors (Lipinski definition) is 4. The zero-order valence-corrected chi connectivity index (χ0v) is 11.6. The van der Waals surface area contributed by atoms with Crippen LogP contribution in [0, 0.1) is 16.0 Å². The van der Waals surface area contributed by atoms with Crippen LogP contribution in [0.2, 0.25) is 5.02 Å². The Hall–Kier alpha value is -0.880. The first-order valence-electron chi connectivity index (χ1n) is 5.22. The molecule has 102 valence electrons. The SMILES string of the molecule is CC(C)[C@H](O)[C@H](N)c1cc(Cl)ccc1[N+](=O)[O-].Cl. The molecule has 0 saturated heterocycles. The molecule has 2 atom stereocenters. The maximum absolute atomic E-state index is 10.9. The average Bonchev–Trinajstić information content (AvgIpc) is 2.26. The number of nitro benzene ring substituents is 1.